The number of carbonyl (C=O) groups excluding carboxylic acids is 2. The Morgan fingerprint density at radius 3 is 2.71 bits per heavy atom. The Hall–Kier alpha value is -2.25. The predicted octanol–water partition coefficient (Wildman–Crippen LogP) is 2.94. The van der Waals surface area contributed by atoms with Gasteiger partial charge in [0, 0.05) is 7.11 Å². The van der Waals surface area contributed by atoms with Crippen molar-refractivity contribution in [1.82, 2.24) is 4.90 Å². The Morgan fingerprint density at radius 2 is 2.04 bits per heavy atom. The molecule has 1 fully saturated rings. The zero-order valence-electron chi connectivity index (χ0n) is 13.6. The summed E-state index contributed by atoms with van der Waals surface area (Å²) in [5.74, 6) is 0.819. The topological polar surface area (TPSA) is 65.1 Å². The normalized spacial score (nSPS) is 15.9. The second-order valence-electron chi connectivity index (χ2n) is 4.84. The SMILES string of the molecule is C=CCOc1ccc(/C=C2/SC(=O)N(CCOC)C2=O)cc1OC. The Bertz CT molecular complexity index is 671. The van der Waals surface area contributed by atoms with E-state index in [1.807, 2.05) is 0 Å². The molecule has 0 atom stereocenters. The lowest BCUT2D eigenvalue weighted by Crippen LogP contribution is -2.31. The van der Waals surface area contributed by atoms with Gasteiger partial charge in [0.25, 0.3) is 11.1 Å². The Balaban J connectivity index is 2.20. The molecule has 1 aromatic rings. The fourth-order valence-electron chi connectivity index (χ4n) is 2.07. The van der Waals surface area contributed by atoms with E-state index in [9.17, 15) is 9.59 Å². The molecule has 7 heteroatoms. The molecule has 24 heavy (non-hydrogen) atoms. The first-order chi connectivity index (χ1) is 11.6. The minimum atomic E-state index is -0.312. The van der Waals surface area contributed by atoms with Gasteiger partial charge in [-0.25, -0.2) is 0 Å². The van der Waals surface area contributed by atoms with E-state index in [0.29, 0.717) is 29.6 Å². The van der Waals surface area contributed by atoms with Crippen LogP contribution in [0.2, 0.25) is 0 Å². The number of rotatable bonds is 8. The number of hydrogen-bond acceptors (Lipinski definition) is 6. The second-order valence-corrected chi connectivity index (χ2v) is 5.83. The fourth-order valence-corrected chi connectivity index (χ4v) is 2.93. The summed E-state index contributed by atoms with van der Waals surface area (Å²) >= 11 is 0.916. The third-order valence-corrected chi connectivity index (χ3v) is 4.14. The van der Waals surface area contributed by atoms with Crippen molar-refractivity contribution in [1.29, 1.82) is 0 Å². The first-order valence-electron chi connectivity index (χ1n) is 7.26. The van der Waals surface area contributed by atoms with E-state index in [1.165, 1.54) is 12.0 Å². The molecular weight excluding hydrogens is 330 g/mol. The number of carbonyl (C=O) groups is 2. The maximum absolute atomic E-state index is 12.3. The standard InChI is InChI=1S/C17H19NO5S/c1-4-8-23-13-6-5-12(10-14(13)22-3)11-15-16(19)18(7-9-21-2)17(20)24-15/h4-6,10-11H,1,7-9H2,2-3H3/b15-11+. The highest BCUT2D eigenvalue weighted by Crippen LogP contribution is 2.34. The first kappa shape index (κ1) is 18.1. The van der Waals surface area contributed by atoms with Crippen LogP contribution in [-0.4, -0.2) is 50.0 Å². The molecule has 0 bridgehead atoms. The van der Waals surface area contributed by atoms with E-state index in [2.05, 4.69) is 6.58 Å². The van der Waals surface area contributed by atoms with E-state index >= 15 is 0 Å². The summed E-state index contributed by atoms with van der Waals surface area (Å²) in [4.78, 5) is 25.7. The van der Waals surface area contributed by atoms with Crippen LogP contribution in [0.25, 0.3) is 6.08 Å². The van der Waals surface area contributed by atoms with Gasteiger partial charge in [-0.3, -0.25) is 14.5 Å². The van der Waals surface area contributed by atoms with Crippen LogP contribution in [0.15, 0.2) is 35.8 Å². The van der Waals surface area contributed by atoms with Crippen LogP contribution in [0.4, 0.5) is 4.79 Å². The van der Waals surface area contributed by atoms with Gasteiger partial charge >= 0.3 is 0 Å². The highest BCUT2D eigenvalue weighted by molar-refractivity contribution is 8.18. The fraction of sp³-hybridized carbons (Fsp3) is 0.294. The van der Waals surface area contributed by atoms with Gasteiger partial charge in [-0.15, -0.1) is 0 Å². The highest BCUT2D eigenvalue weighted by atomic mass is 32.2. The number of imide groups is 1. The maximum Gasteiger partial charge on any atom is 0.293 e. The Labute approximate surface area is 145 Å². The van der Waals surface area contributed by atoms with Gasteiger partial charge in [-0.1, -0.05) is 18.7 Å². The summed E-state index contributed by atoms with van der Waals surface area (Å²) in [6.45, 7) is 4.53. The van der Waals surface area contributed by atoms with Crippen LogP contribution < -0.4 is 9.47 Å². The van der Waals surface area contributed by atoms with Crippen LogP contribution >= 0.6 is 11.8 Å². The van der Waals surface area contributed by atoms with Gasteiger partial charge in [0.1, 0.15) is 6.61 Å². The molecule has 2 amide bonds. The molecule has 1 aliphatic heterocycles. The van der Waals surface area contributed by atoms with Crippen LogP contribution in [-0.2, 0) is 9.53 Å². The molecule has 128 valence electrons. The van der Waals surface area contributed by atoms with Gasteiger partial charge in [0.2, 0.25) is 0 Å². The molecule has 0 spiro atoms. The van der Waals surface area contributed by atoms with E-state index in [1.54, 1.807) is 37.5 Å². The number of nitrogens with zero attached hydrogens (tertiary/aromatic N) is 1. The maximum atomic E-state index is 12.3. The molecule has 0 unspecified atom stereocenters. The number of amides is 2. The summed E-state index contributed by atoms with van der Waals surface area (Å²) in [5, 5.41) is -0.291. The van der Waals surface area contributed by atoms with Gasteiger partial charge < -0.3 is 14.2 Å². The van der Waals surface area contributed by atoms with Gasteiger partial charge in [-0.05, 0) is 35.5 Å². The Kier molecular flexibility index (Phi) is 6.45. The van der Waals surface area contributed by atoms with Crippen molar-refractivity contribution in [2.45, 2.75) is 0 Å². The minimum absolute atomic E-state index is 0.246. The number of benzene rings is 1. The predicted molar refractivity (Wildman–Crippen MR) is 93.2 cm³/mol. The summed E-state index contributed by atoms with van der Waals surface area (Å²) in [6, 6.07) is 5.30. The monoisotopic (exact) mass is 349 g/mol. The van der Waals surface area contributed by atoms with Crippen LogP contribution in [0.1, 0.15) is 5.56 Å². The summed E-state index contributed by atoms with van der Waals surface area (Å²) in [5.41, 5.74) is 0.745. The van der Waals surface area contributed by atoms with Crippen molar-refractivity contribution in [2.75, 3.05) is 34.0 Å². The number of ether oxygens (including phenoxy) is 3. The molecule has 6 nitrogen and oxygen atoms in total. The molecule has 1 heterocycles. The van der Waals surface area contributed by atoms with E-state index in [0.717, 1.165) is 17.3 Å². The molecule has 2 rings (SSSR count). The smallest absolute Gasteiger partial charge is 0.293 e. The van der Waals surface area contributed by atoms with E-state index in [4.69, 9.17) is 14.2 Å². The van der Waals surface area contributed by atoms with Crippen molar-refractivity contribution in [3.8, 4) is 11.5 Å². The van der Waals surface area contributed by atoms with Crippen molar-refractivity contribution in [3.05, 3.63) is 41.3 Å². The van der Waals surface area contributed by atoms with Gasteiger partial charge in [0.05, 0.1) is 25.2 Å². The largest absolute Gasteiger partial charge is 0.493 e. The average molecular weight is 349 g/mol. The third-order valence-electron chi connectivity index (χ3n) is 3.23. The number of hydrogen-bond donors (Lipinski definition) is 0. The summed E-state index contributed by atoms with van der Waals surface area (Å²) in [7, 11) is 3.07. The molecule has 1 aliphatic rings. The van der Waals surface area contributed by atoms with Gasteiger partial charge in [-0.2, -0.15) is 0 Å². The zero-order chi connectivity index (χ0) is 17.5. The number of methoxy groups -OCH3 is 2. The quantitative estimate of drug-likeness (QED) is 0.531. The van der Waals surface area contributed by atoms with Crippen molar-refractivity contribution >= 4 is 29.0 Å². The van der Waals surface area contributed by atoms with Crippen molar-refractivity contribution in [3.63, 3.8) is 0 Å². The highest BCUT2D eigenvalue weighted by Gasteiger charge is 2.34. The molecule has 1 saturated heterocycles. The summed E-state index contributed by atoms with van der Waals surface area (Å²) in [6.07, 6.45) is 3.31. The molecule has 0 N–H and O–H groups in total. The van der Waals surface area contributed by atoms with Crippen LogP contribution in [0.5, 0.6) is 11.5 Å². The Morgan fingerprint density at radius 1 is 1.25 bits per heavy atom. The lowest BCUT2D eigenvalue weighted by Gasteiger charge is -2.11. The molecular formula is C17H19NO5S. The van der Waals surface area contributed by atoms with E-state index < -0.39 is 0 Å². The van der Waals surface area contributed by atoms with Crippen molar-refractivity contribution < 1.29 is 23.8 Å². The zero-order valence-corrected chi connectivity index (χ0v) is 14.4. The van der Waals surface area contributed by atoms with Crippen LogP contribution in [0, 0.1) is 0 Å². The molecule has 1 aromatic carbocycles. The van der Waals surface area contributed by atoms with Gasteiger partial charge in [0.15, 0.2) is 11.5 Å². The van der Waals surface area contributed by atoms with Crippen LogP contribution in [0.3, 0.4) is 0 Å². The third kappa shape index (κ3) is 4.18. The molecule has 0 aromatic heterocycles. The summed E-state index contributed by atoms with van der Waals surface area (Å²) < 4.78 is 15.7. The molecule has 0 radical (unpaired) electrons. The second kappa shape index (κ2) is 8.56. The van der Waals surface area contributed by atoms with Crippen molar-refractivity contribution in [2.24, 2.45) is 0 Å². The molecule has 0 saturated carbocycles. The molecule has 0 aliphatic carbocycles. The minimum Gasteiger partial charge on any atom is -0.493 e. The first-order valence-corrected chi connectivity index (χ1v) is 8.08. The van der Waals surface area contributed by atoms with E-state index in [-0.39, 0.29) is 17.7 Å². The lowest BCUT2D eigenvalue weighted by molar-refractivity contribution is -0.123. The average Bonchev–Trinajstić information content (AvgIpc) is 2.85. The number of thioether (sulfide) groups is 1. The lowest BCUT2D eigenvalue weighted by atomic mass is 10.2.